The Labute approximate surface area is 338 Å². The lowest BCUT2D eigenvalue weighted by molar-refractivity contribution is -0.142. The fourth-order valence-electron chi connectivity index (χ4n) is 6.63. The number of rotatable bonds is 12. The summed E-state index contributed by atoms with van der Waals surface area (Å²) < 4.78 is 0. The Kier molecular flexibility index (Phi) is 18.4. The molecule has 18 heteroatoms. The van der Waals surface area contributed by atoms with Gasteiger partial charge in [-0.25, -0.2) is 0 Å². The van der Waals surface area contributed by atoms with Gasteiger partial charge in [-0.15, -0.1) is 0 Å². The normalized spacial score (nSPS) is 26.3. The van der Waals surface area contributed by atoms with Crippen LogP contribution in [-0.4, -0.2) is 124 Å². The van der Waals surface area contributed by atoms with Crippen molar-refractivity contribution in [1.29, 1.82) is 0 Å². The van der Waals surface area contributed by atoms with Crippen LogP contribution in [0.25, 0.3) is 0 Å². The Morgan fingerprint density at radius 1 is 0.768 bits per heavy atom. The van der Waals surface area contributed by atoms with E-state index in [1.807, 2.05) is 20.1 Å². The van der Waals surface area contributed by atoms with Crippen LogP contribution in [-0.2, 0) is 44.8 Å². The number of hydrogen-bond donors (Lipinski definition) is 8. The van der Waals surface area contributed by atoms with E-state index >= 15 is 0 Å². The van der Waals surface area contributed by atoms with E-state index in [1.165, 1.54) is 16.7 Å². The van der Waals surface area contributed by atoms with E-state index in [2.05, 4.69) is 44.5 Å². The van der Waals surface area contributed by atoms with Gasteiger partial charge >= 0.3 is 5.97 Å². The molecule has 0 radical (unpaired) electrons. The van der Waals surface area contributed by atoms with Gasteiger partial charge in [0.2, 0.25) is 41.4 Å². The average Bonchev–Trinajstić information content (AvgIpc) is 3.65. The molecule has 0 aromatic heterocycles. The van der Waals surface area contributed by atoms with Crippen molar-refractivity contribution < 1.29 is 43.5 Å². The van der Waals surface area contributed by atoms with E-state index in [4.69, 9.17) is 0 Å². The predicted molar refractivity (Wildman–Crippen MR) is 214 cm³/mol. The molecule has 310 valence electrons. The first-order valence-corrected chi connectivity index (χ1v) is 21.1. The molecule has 0 aliphatic carbocycles. The first-order valence-electron chi connectivity index (χ1n) is 19.0. The fourth-order valence-corrected chi connectivity index (χ4v) is 7.35. The zero-order valence-electron chi connectivity index (χ0n) is 32.7. The minimum absolute atomic E-state index is 0.0280. The second-order valence-corrected chi connectivity index (χ2v) is 16.3. The molecule has 7 N–H and O–H groups in total. The van der Waals surface area contributed by atoms with E-state index < -0.39 is 102 Å². The number of carbonyl (C=O) groups is 8. The van der Waals surface area contributed by atoms with Gasteiger partial charge in [-0.2, -0.15) is 24.4 Å². The van der Waals surface area contributed by atoms with Gasteiger partial charge in [0, 0.05) is 25.1 Å². The Bertz CT molecular complexity index is 1560. The second kappa shape index (κ2) is 22.4. The number of thiol groups is 1. The van der Waals surface area contributed by atoms with Crippen LogP contribution in [0.3, 0.4) is 0 Å². The molecule has 0 saturated carbocycles. The molecule has 2 aliphatic rings. The van der Waals surface area contributed by atoms with Crippen LogP contribution in [0.4, 0.5) is 0 Å². The molecule has 0 unspecified atom stereocenters. The maximum atomic E-state index is 14.1. The third kappa shape index (κ3) is 13.7. The molecular weight excluding hydrogens is 763 g/mol. The van der Waals surface area contributed by atoms with Gasteiger partial charge in [-0.1, -0.05) is 58.0 Å². The lowest BCUT2D eigenvalue weighted by Gasteiger charge is -2.30. The lowest BCUT2D eigenvalue weighted by atomic mass is 9.99. The molecule has 0 bridgehead atoms. The minimum atomic E-state index is -1.39. The molecule has 2 fully saturated rings. The fraction of sp³-hybridized carbons (Fsp3) is 0.632. The van der Waals surface area contributed by atoms with Crippen LogP contribution in [0.2, 0.25) is 0 Å². The van der Waals surface area contributed by atoms with Crippen molar-refractivity contribution in [1.82, 2.24) is 36.8 Å². The number of thioether (sulfide) groups is 1. The van der Waals surface area contributed by atoms with E-state index in [0.717, 1.165) is 0 Å². The Hall–Kier alpha value is -4.32. The van der Waals surface area contributed by atoms with Crippen molar-refractivity contribution in [2.45, 2.75) is 115 Å². The maximum Gasteiger partial charge on any atom is 0.303 e. The summed E-state index contributed by atoms with van der Waals surface area (Å²) in [6.45, 7) is 7.26. The summed E-state index contributed by atoms with van der Waals surface area (Å²) in [7, 11) is 0. The number of aliphatic carboxylic acids is 1. The Balaban J connectivity index is 2.12. The number of hydrogen-bond acceptors (Lipinski definition) is 10. The summed E-state index contributed by atoms with van der Waals surface area (Å²) in [6.07, 6.45) is 2.14. The summed E-state index contributed by atoms with van der Waals surface area (Å²) in [5.41, 5.74) is 0.702. The van der Waals surface area contributed by atoms with E-state index in [-0.39, 0.29) is 50.3 Å². The van der Waals surface area contributed by atoms with Gasteiger partial charge in [0.25, 0.3) is 0 Å². The van der Waals surface area contributed by atoms with Crippen LogP contribution in [0.5, 0.6) is 0 Å². The van der Waals surface area contributed by atoms with Crippen molar-refractivity contribution in [3.63, 3.8) is 0 Å². The molecule has 1 aromatic carbocycles. The average molecular weight is 820 g/mol. The first-order chi connectivity index (χ1) is 26.6. The van der Waals surface area contributed by atoms with Gasteiger partial charge in [-0.3, -0.25) is 38.4 Å². The van der Waals surface area contributed by atoms with Crippen molar-refractivity contribution in [3.8, 4) is 0 Å². The second-order valence-electron chi connectivity index (χ2n) is 14.9. The monoisotopic (exact) mass is 819 g/mol. The van der Waals surface area contributed by atoms with Gasteiger partial charge in [0.05, 0.1) is 0 Å². The molecule has 1 aromatic rings. The Morgan fingerprint density at radius 3 is 1.93 bits per heavy atom. The van der Waals surface area contributed by atoms with E-state index in [1.54, 1.807) is 44.2 Å². The van der Waals surface area contributed by atoms with Crippen molar-refractivity contribution in [2.24, 2.45) is 11.8 Å². The SMILES string of the molecule is CSCC[C@@H]1NC(=O)[C@H](CC(C)C)NC(=O)[C@H](Cc2ccccc2)NC(=O)[C@H](C(C)C)NC(=O)[C@H](CCC(=O)O)NC(=O)[C@@H]2CCCN2C(=O)[C@H](CS)NC1=O. The third-order valence-corrected chi connectivity index (χ3v) is 10.7. The number of carboxylic acids is 1. The highest BCUT2D eigenvalue weighted by Gasteiger charge is 2.40. The standard InChI is InChI=1S/C38H57N7O9S2/c1-21(2)18-26-34(50)39-25(15-17-56-5)32(48)43-28(20-55)38(54)45-16-9-12-29(45)36(52)40-24(13-14-30(46)47)33(49)44-31(22(3)4)37(53)42-27(35(51)41-26)19-23-10-7-6-8-11-23/h6-8,10-11,21-22,24-29,31,55H,9,12-20H2,1-5H3,(H,39,50)(H,40,52)(H,41,51)(H,42,53)(H,43,48)(H,44,49)(H,46,47)/t24-,25-,26-,27-,28-,29-,31-/m0/s1. The zero-order chi connectivity index (χ0) is 41.5. The zero-order valence-corrected chi connectivity index (χ0v) is 34.4. The molecule has 2 aliphatic heterocycles. The minimum Gasteiger partial charge on any atom is -0.481 e. The van der Waals surface area contributed by atoms with Crippen LogP contribution in [0.1, 0.15) is 71.8 Å². The van der Waals surface area contributed by atoms with Gasteiger partial charge in [-0.05, 0) is 61.5 Å². The molecule has 56 heavy (non-hydrogen) atoms. The predicted octanol–water partition coefficient (Wildman–Crippen LogP) is 0.392. The lowest BCUT2D eigenvalue weighted by Crippen LogP contribution is -2.60. The summed E-state index contributed by atoms with van der Waals surface area (Å²) in [6, 6.07) is 0.637. The summed E-state index contributed by atoms with van der Waals surface area (Å²) in [5.74, 6) is -6.28. The highest BCUT2D eigenvalue weighted by atomic mass is 32.2. The molecule has 16 nitrogen and oxygen atoms in total. The number of carboxylic acid groups (broad SMARTS) is 1. The maximum absolute atomic E-state index is 14.1. The van der Waals surface area contributed by atoms with Crippen LogP contribution >= 0.6 is 24.4 Å². The number of nitrogens with zero attached hydrogens (tertiary/aromatic N) is 1. The first kappa shape index (κ1) is 46.1. The largest absolute Gasteiger partial charge is 0.481 e. The van der Waals surface area contributed by atoms with Gasteiger partial charge < -0.3 is 41.9 Å². The number of nitrogens with one attached hydrogen (secondary N) is 6. The molecule has 2 heterocycles. The highest BCUT2D eigenvalue weighted by Crippen LogP contribution is 2.20. The molecular formula is C38H57N7O9S2. The third-order valence-electron chi connectivity index (χ3n) is 9.66. The van der Waals surface area contributed by atoms with Crippen molar-refractivity contribution in [3.05, 3.63) is 35.9 Å². The van der Waals surface area contributed by atoms with Crippen molar-refractivity contribution in [2.75, 3.05) is 24.3 Å². The van der Waals surface area contributed by atoms with Crippen LogP contribution in [0.15, 0.2) is 30.3 Å². The molecule has 7 amide bonds. The van der Waals surface area contributed by atoms with Gasteiger partial charge in [0.1, 0.15) is 42.3 Å². The molecule has 0 spiro atoms. The van der Waals surface area contributed by atoms with E-state index in [0.29, 0.717) is 17.7 Å². The molecule has 7 atom stereocenters. The summed E-state index contributed by atoms with van der Waals surface area (Å²) in [4.78, 5) is 110. The number of amides is 7. The van der Waals surface area contributed by atoms with E-state index in [9.17, 15) is 43.5 Å². The van der Waals surface area contributed by atoms with Gasteiger partial charge in [0.15, 0.2) is 0 Å². The summed E-state index contributed by atoms with van der Waals surface area (Å²) in [5, 5.41) is 25.7. The molecule has 3 rings (SSSR count). The number of fused-ring (bicyclic) bond motifs is 1. The number of benzene rings is 1. The molecule has 2 saturated heterocycles. The van der Waals surface area contributed by atoms with Crippen LogP contribution in [0, 0.1) is 11.8 Å². The number of carbonyl (C=O) groups excluding carboxylic acids is 7. The quantitative estimate of drug-likeness (QED) is 0.135. The topological polar surface area (TPSA) is 232 Å². The Morgan fingerprint density at radius 2 is 1.32 bits per heavy atom. The van der Waals surface area contributed by atoms with Crippen molar-refractivity contribution >= 4 is 71.7 Å². The highest BCUT2D eigenvalue weighted by molar-refractivity contribution is 7.98. The summed E-state index contributed by atoms with van der Waals surface area (Å²) >= 11 is 5.77. The smallest absolute Gasteiger partial charge is 0.303 e. The van der Waals surface area contributed by atoms with Crippen LogP contribution < -0.4 is 31.9 Å².